The summed E-state index contributed by atoms with van der Waals surface area (Å²) in [5.41, 5.74) is 5.38. The fourth-order valence-electron chi connectivity index (χ4n) is 2.93. The van der Waals surface area contributed by atoms with Crippen molar-refractivity contribution in [3.05, 3.63) is 5.82 Å². The molecule has 0 bridgehead atoms. The zero-order valence-corrected chi connectivity index (χ0v) is 12.3. The Morgan fingerprint density at radius 3 is 1.57 bits per heavy atom. The van der Waals surface area contributed by atoms with E-state index in [0.717, 1.165) is 51.9 Å². The lowest BCUT2D eigenvalue weighted by atomic mass is 10.1. The van der Waals surface area contributed by atoms with E-state index in [9.17, 15) is 4.79 Å². The van der Waals surface area contributed by atoms with E-state index in [4.69, 9.17) is 5.73 Å². The van der Waals surface area contributed by atoms with Crippen molar-refractivity contribution in [2.45, 2.75) is 38.5 Å². The van der Waals surface area contributed by atoms with Crippen molar-refractivity contribution in [2.75, 3.05) is 36.0 Å². The van der Waals surface area contributed by atoms with Gasteiger partial charge in [0, 0.05) is 26.2 Å². The molecule has 114 valence electrons. The molecular weight excluding hydrogens is 268 g/mol. The van der Waals surface area contributed by atoms with Crippen LogP contribution in [0.25, 0.3) is 0 Å². The van der Waals surface area contributed by atoms with Crippen LogP contribution in [0.3, 0.4) is 0 Å². The molecule has 1 aromatic rings. The second kappa shape index (κ2) is 6.24. The molecule has 0 spiro atoms. The Morgan fingerprint density at radius 1 is 0.762 bits per heavy atom. The fourth-order valence-corrected chi connectivity index (χ4v) is 2.93. The maximum absolute atomic E-state index is 11.5. The normalized spacial score (nSPS) is 19.6. The maximum Gasteiger partial charge on any atom is 0.286 e. The van der Waals surface area contributed by atoms with Crippen LogP contribution >= 0.6 is 0 Å². The van der Waals surface area contributed by atoms with Gasteiger partial charge in [0.15, 0.2) is 0 Å². The first-order valence-electron chi connectivity index (χ1n) is 7.80. The molecule has 2 N–H and O–H groups in total. The molecule has 2 aliphatic heterocycles. The first kappa shape index (κ1) is 14.0. The molecule has 3 heterocycles. The quantitative estimate of drug-likeness (QED) is 0.891. The van der Waals surface area contributed by atoms with Crippen molar-refractivity contribution < 1.29 is 4.79 Å². The zero-order chi connectivity index (χ0) is 14.7. The first-order chi connectivity index (χ1) is 10.2. The van der Waals surface area contributed by atoms with Gasteiger partial charge >= 0.3 is 0 Å². The number of carbonyl (C=O) groups is 1. The summed E-state index contributed by atoms with van der Waals surface area (Å²) in [6.45, 7) is 3.73. The number of carbonyl (C=O) groups excluding carboxylic acids is 1. The van der Waals surface area contributed by atoms with Crippen LogP contribution in [-0.4, -0.2) is 47.0 Å². The second-order valence-corrected chi connectivity index (χ2v) is 5.72. The Balaban J connectivity index is 1.91. The van der Waals surface area contributed by atoms with Gasteiger partial charge in [0.2, 0.25) is 17.7 Å². The van der Waals surface area contributed by atoms with E-state index in [2.05, 4.69) is 24.8 Å². The van der Waals surface area contributed by atoms with Crippen molar-refractivity contribution in [3.63, 3.8) is 0 Å². The first-order valence-corrected chi connectivity index (χ1v) is 7.80. The summed E-state index contributed by atoms with van der Waals surface area (Å²) in [4.78, 5) is 28.9. The van der Waals surface area contributed by atoms with Gasteiger partial charge in [0.25, 0.3) is 5.91 Å². The molecule has 0 radical (unpaired) electrons. The summed E-state index contributed by atoms with van der Waals surface area (Å²) in [6, 6.07) is 0. The number of piperidine rings is 2. The third kappa shape index (κ3) is 3.22. The van der Waals surface area contributed by atoms with Crippen LogP contribution in [0, 0.1) is 0 Å². The predicted molar refractivity (Wildman–Crippen MR) is 80.5 cm³/mol. The van der Waals surface area contributed by atoms with Crippen LogP contribution in [0.4, 0.5) is 11.9 Å². The maximum atomic E-state index is 11.5. The number of hydrogen-bond acceptors (Lipinski definition) is 6. The highest BCUT2D eigenvalue weighted by atomic mass is 16.1. The summed E-state index contributed by atoms with van der Waals surface area (Å²) >= 11 is 0. The van der Waals surface area contributed by atoms with Gasteiger partial charge in [0.05, 0.1) is 0 Å². The summed E-state index contributed by atoms with van der Waals surface area (Å²) in [7, 11) is 0. The number of nitrogens with zero attached hydrogens (tertiary/aromatic N) is 5. The standard InChI is InChI=1S/C14H22N6O/c15-11(21)12-16-13(19-7-3-1-4-8-19)18-14(17-12)20-9-5-2-6-10-20/h1-10H2,(H2,15,21). The number of anilines is 2. The molecule has 0 atom stereocenters. The van der Waals surface area contributed by atoms with Gasteiger partial charge in [-0.1, -0.05) is 0 Å². The predicted octanol–water partition coefficient (Wildman–Crippen LogP) is 0.951. The van der Waals surface area contributed by atoms with E-state index in [-0.39, 0.29) is 5.82 Å². The van der Waals surface area contributed by atoms with Crippen LogP contribution < -0.4 is 15.5 Å². The molecule has 7 heteroatoms. The number of rotatable bonds is 3. The molecule has 0 saturated carbocycles. The van der Waals surface area contributed by atoms with Crippen molar-refractivity contribution >= 4 is 17.8 Å². The number of aromatic nitrogens is 3. The van der Waals surface area contributed by atoms with Crippen molar-refractivity contribution in [2.24, 2.45) is 5.73 Å². The Labute approximate surface area is 124 Å². The molecule has 21 heavy (non-hydrogen) atoms. The molecule has 2 saturated heterocycles. The SMILES string of the molecule is NC(=O)c1nc(N2CCCCC2)nc(N2CCCCC2)n1. The van der Waals surface area contributed by atoms with Crippen LogP contribution in [0.1, 0.15) is 49.1 Å². The van der Waals surface area contributed by atoms with Gasteiger partial charge in [-0.05, 0) is 38.5 Å². The zero-order valence-electron chi connectivity index (χ0n) is 12.3. The van der Waals surface area contributed by atoms with Gasteiger partial charge in [-0.3, -0.25) is 4.79 Å². The molecule has 2 aliphatic rings. The lowest BCUT2D eigenvalue weighted by Gasteiger charge is -2.30. The van der Waals surface area contributed by atoms with Crippen molar-refractivity contribution in [1.82, 2.24) is 15.0 Å². The van der Waals surface area contributed by atoms with E-state index in [1.54, 1.807) is 0 Å². The largest absolute Gasteiger partial charge is 0.363 e. The Hall–Kier alpha value is -1.92. The molecule has 1 amide bonds. The van der Waals surface area contributed by atoms with Crippen LogP contribution in [0.2, 0.25) is 0 Å². The summed E-state index contributed by atoms with van der Waals surface area (Å²) in [5.74, 6) is 0.679. The molecule has 2 fully saturated rings. The monoisotopic (exact) mass is 290 g/mol. The Kier molecular flexibility index (Phi) is 4.17. The van der Waals surface area contributed by atoms with E-state index in [1.165, 1.54) is 12.8 Å². The molecule has 0 aromatic carbocycles. The molecule has 0 aliphatic carbocycles. The van der Waals surface area contributed by atoms with Crippen LogP contribution in [-0.2, 0) is 0 Å². The molecule has 3 rings (SSSR count). The van der Waals surface area contributed by atoms with Crippen LogP contribution in [0.15, 0.2) is 0 Å². The fraction of sp³-hybridized carbons (Fsp3) is 0.714. The minimum absolute atomic E-state index is 0.0751. The number of hydrogen-bond donors (Lipinski definition) is 1. The minimum Gasteiger partial charge on any atom is -0.363 e. The number of nitrogens with two attached hydrogens (primary N) is 1. The Bertz CT molecular complexity index is 472. The van der Waals surface area contributed by atoms with E-state index in [1.807, 2.05) is 0 Å². The van der Waals surface area contributed by atoms with Gasteiger partial charge < -0.3 is 15.5 Å². The second-order valence-electron chi connectivity index (χ2n) is 5.72. The average molecular weight is 290 g/mol. The smallest absolute Gasteiger partial charge is 0.286 e. The average Bonchev–Trinajstić information content (AvgIpc) is 2.56. The Morgan fingerprint density at radius 2 is 1.19 bits per heavy atom. The summed E-state index contributed by atoms with van der Waals surface area (Å²) in [5, 5.41) is 0. The topological polar surface area (TPSA) is 88.2 Å². The van der Waals surface area contributed by atoms with Gasteiger partial charge in [-0.25, -0.2) is 0 Å². The molecule has 7 nitrogen and oxygen atoms in total. The van der Waals surface area contributed by atoms with Gasteiger partial charge in [-0.2, -0.15) is 15.0 Å². The highest BCUT2D eigenvalue weighted by Crippen LogP contribution is 2.20. The minimum atomic E-state index is -0.589. The van der Waals surface area contributed by atoms with Gasteiger partial charge in [0.1, 0.15) is 0 Å². The summed E-state index contributed by atoms with van der Waals surface area (Å²) in [6.07, 6.45) is 7.02. The molecular formula is C14H22N6O. The summed E-state index contributed by atoms with van der Waals surface area (Å²) < 4.78 is 0. The van der Waals surface area contributed by atoms with Crippen LogP contribution in [0.5, 0.6) is 0 Å². The third-order valence-corrected chi connectivity index (χ3v) is 4.11. The highest BCUT2D eigenvalue weighted by molar-refractivity contribution is 5.89. The number of primary amides is 1. The van der Waals surface area contributed by atoms with Crippen molar-refractivity contribution in [1.29, 1.82) is 0 Å². The molecule has 1 aromatic heterocycles. The van der Waals surface area contributed by atoms with Gasteiger partial charge in [-0.15, -0.1) is 0 Å². The molecule has 0 unspecified atom stereocenters. The van der Waals surface area contributed by atoms with E-state index in [0.29, 0.717) is 11.9 Å². The third-order valence-electron chi connectivity index (χ3n) is 4.11. The number of amides is 1. The van der Waals surface area contributed by atoms with Crippen molar-refractivity contribution in [3.8, 4) is 0 Å². The van der Waals surface area contributed by atoms with E-state index >= 15 is 0 Å². The lowest BCUT2D eigenvalue weighted by molar-refractivity contribution is 0.0990. The highest BCUT2D eigenvalue weighted by Gasteiger charge is 2.21. The van der Waals surface area contributed by atoms with E-state index < -0.39 is 5.91 Å². The lowest BCUT2D eigenvalue weighted by Crippen LogP contribution is -2.35.